The van der Waals surface area contributed by atoms with Crippen LogP contribution in [0.1, 0.15) is 37.0 Å². The molecule has 0 aromatic heterocycles. The van der Waals surface area contributed by atoms with Crippen LogP contribution in [0.2, 0.25) is 0 Å². The molecule has 0 radical (unpaired) electrons. The summed E-state index contributed by atoms with van der Waals surface area (Å²) in [4.78, 5) is 57.8. The number of nitrogens with one attached hydrogen (secondary N) is 2. The van der Waals surface area contributed by atoms with Crippen molar-refractivity contribution in [1.29, 1.82) is 0 Å². The summed E-state index contributed by atoms with van der Waals surface area (Å²) in [5, 5.41) is 4.91. The van der Waals surface area contributed by atoms with E-state index in [1.54, 1.807) is 13.8 Å². The van der Waals surface area contributed by atoms with Crippen molar-refractivity contribution < 1.29 is 38.2 Å². The van der Waals surface area contributed by atoms with Gasteiger partial charge >= 0.3 is 17.9 Å². The number of carbonyl (C=O) groups excluding carboxylic acids is 5. The Bertz CT molecular complexity index is 708. The number of hydrogen-bond donors (Lipinski definition) is 2. The largest absolute Gasteiger partial charge is 0.465 e. The van der Waals surface area contributed by atoms with Gasteiger partial charge in [0.2, 0.25) is 0 Å². The Morgan fingerprint density at radius 2 is 1.21 bits per heavy atom. The van der Waals surface area contributed by atoms with Gasteiger partial charge in [-0.05, 0) is 18.2 Å². The highest BCUT2D eigenvalue weighted by Crippen LogP contribution is 2.20. The SMILES string of the molecule is CCC(=O)OCC(=O)Nc1cc(NC(=O)COC(=O)CC)cc(C(=O)OC)c1. The molecule has 10 nitrogen and oxygen atoms in total. The van der Waals surface area contributed by atoms with Gasteiger partial charge < -0.3 is 24.8 Å². The molecule has 0 fully saturated rings. The number of methoxy groups -OCH3 is 1. The summed E-state index contributed by atoms with van der Waals surface area (Å²) in [6.45, 7) is 2.19. The van der Waals surface area contributed by atoms with Crippen LogP contribution in [0.3, 0.4) is 0 Å². The van der Waals surface area contributed by atoms with Gasteiger partial charge in [0, 0.05) is 24.2 Å². The van der Waals surface area contributed by atoms with Crippen LogP contribution in [-0.4, -0.2) is 50.0 Å². The Labute approximate surface area is 161 Å². The fraction of sp³-hybridized carbons (Fsp3) is 0.389. The number of hydrogen-bond acceptors (Lipinski definition) is 8. The third-order valence-corrected chi connectivity index (χ3v) is 3.23. The normalized spacial score (nSPS) is 9.82. The lowest BCUT2D eigenvalue weighted by Gasteiger charge is -2.12. The number of benzene rings is 1. The van der Waals surface area contributed by atoms with E-state index in [2.05, 4.69) is 15.4 Å². The zero-order valence-electron chi connectivity index (χ0n) is 15.8. The molecule has 2 amide bonds. The van der Waals surface area contributed by atoms with E-state index in [-0.39, 0.29) is 29.8 Å². The molecule has 0 aliphatic heterocycles. The molecule has 152 valence electrons. The smallest absolute Gasteiger partial charge is 0.337 e. The van der Waals surface area contributed by atoms with Crippen LogP contribution in [0.5, 0.6) is 0 Å². The highest BCUT2D eigenvalue weighted by molar-refractivity contribution is 5.99. The second-order valence-electron chi connectivity index (χ2n) is 5.42. The maximum atomic E-state index is 11.9. The van der Waals surface area contributed by atoms with Crippen LogP contribution in [0.15, 0.2) is 18.2 Å². The third kappa shape index (κ3) is 7.85. The van der Waals surface area contributed by atoms with Crippen molar-refractivity contribution in [3.63, 3.8) is 0 Å². The summed E-state index contributed by atoms with van der Waals surface area (Å²) in [5.41, 5.74) is 0.398. The Morgan fingerprint density at radius 3 is 1.57 bits per heavy atom. The predicted molar refractivity (Wildman–Crippen MR) is 97.5 cm³/mol. The lowest BCUT2D eigenvalue weighted by molar-refractivity contribution is -0.147. The molecule has 0 saturated carbocycles. The van der Waals surface area contributed by atoms with E-state index in [0.29, 0.717) is 0 Å². The summed E-state index contributed by atoms with van der Waals surface area (Å²) in [5.74, 6) is -3.02. The highest BCUT2D eigenvalue weighted by atomic mass is 16.5. The van der Waals surface area contributed by atoms with Gasteiger partial charge in [0.1, 0.15) is 0 Å². The molecule has 28 heavy (non-hydrogen) atoms. The minimum Gasteiger partial charge on any atom is -0.465 e. The molecule has 0 saturated heterocycles. The standard InChI is InChI=1S/C18H22N2O8/c1-4-16(23)27-9-14(21)19-12-6-11(18(25)26-3)7-13(8-12)20-15(22)10-28-17(24)5-2/h6-8H,4-5,9-10H2,1-3H3,(H,19,21)(H,20,22). The third-order valence-electron chi connectivity index (χ3n) is 3.23. The average Bonchev–Trinajstić information content (AvgIpc) is 2.69. The zero-order valence-corrected chi connectivity index (χ0v) is 15.8. The van der Waals surface area contributed by atoms with E-state index >= 15 is 0 Å². The van der Waals surface area contributed by atoms with Crippen LogP contribution in [-0.2, 0) is 33.4 Å². The molecule has 0 spiro atoms. The molecule has 1 aromatic rings. The fourth-order valence-electron chi connectivity index (χ4n) is 1.90. The average molecular weight is 394 g/mol. The summed E-state index contributed by atoms with van der Waals surface area (Å²) < 4.78 is 14.1. The van der Waals surface area contributed by atoms with Crippen LogP contribution in [0.25, 0.3) is 0 Å². The van der Waals surface area contributed by atoms with E-state index < -0.39 is 42.9 Å². The fourth-order valence-corrected chi connectivity index (χ4v) is 1.90. The quantitative estimate of drug-likeness (QED) is 0.472. The first-order valence-corrected chi connectivity index (χ1v) is 8.43. The summed E-state index contributed by atoms with van der Waals surface area (Å²) in [7, 11) is 1.18. The van der Waals surface area contributed by atoms with E-state index in [0.717, 1.165) is 0 Å². The zero-order chi connectivity index (χ0) is 21.1. The first-order chi connectivity index (χ1) is 13.3. The number of carbonyl (C=O) groups is 5. The first kappa shape index (κ1) is 22.6. The van der Waals surface area contributed by atoms with Gasteiger partial charge in [0.05, 0.1) is 12.7 Å². The molecule has 0 aliphatic carbocycles. The molecule has 0 heterocycles. The summed E-state index contributed by atoms with van der Waals surface area (Å²) in [6, 6.07) is 4.04. The van der Waals surface area contributed by atoms with Crippen LogP contribution in [0, 0.1) is 0 Å². The van der Waals surface area contributed by atoms with Gasteiger partial charge in [-0.2, -0.15) is 0 Å². The Hall–Kier alpha value is -3.43. The second-order valence-corrected chi connectivity index (χ2v) is 5.42. The van der Waals surface area contributed by atoms with E-state index in [4.69, 9.17) is 9.47 Å². The molecule has 1 aromatic carbocycles. The number of rotatable bonds is 9. The lowest BCUT2D eigenvalue weighted by Crippen LogP contribution is -2.22. The Kier molecular flexibility index (Phi) is 9.14. The Balaban J connectivity index is 2.89. The van der Waals surface area contributed by atoms with Crippen molar-refractivity contribution in [1.82, 2.24) is 0 Å². The number of ether oxygens (including phenoxy) is 3. The van der Waals surface area contributed by atoms with Gasteiger partial charge in [-0.1, -0.05) is 13.8 Å². The maximum Gasteiger partial charge on any atom is 0.337 e. The molecular formula is C18H22N2O8. The molecule has 0 aliphatic rings. The lowest BCUT2D eigenvalue weighted by atomic mass is 10.1. The maximum absolute atomic E-state index is 11.9. The van der Waals surface area contributed by atoms with Crippen molar-refractivity contribution in [3.8, 4) is 0 Å². The monoisotopic (exact) mass is 394 g/mol. The number of amides is 2. The summed E-state index contributed by atoms with van der Waals surface area (Å²) in [6.07, 6.45) is 0.258. The molecule has 0 unspecified atom stereocenters. The predicted octanol–water partition coefficient (Wildman–Crippen LogP) is 1.26. The summed E-state index contributed by atoms with van der Waals surface area (Å²) >= 11 is 0. The van der Waals surface area contributed by atoms with Gasteiger partial charge in [0.25, 0.3) is 11.8 Å². The van der Waals surface area contributed by atoms with Crippen LogP contribution < -0.4 is 10.6 Å². The van der Waals surface area contributed by atoms with Crippen molar-refractivity contribution in [2.24, 2.45) is 0 Å². The molecule has 1 rings (SSSR count). The minimum atomic E-state index is -0.693. The van der Waals surface area contributed by atoms with Crippen molar-refractivity contribution in [2.75, 3.05) is 31.0 Å². The second kappa shape index (κ2) is 11.3. The van der Waals surface area contributed by atoms with Gasteiger partial charge in [0.15, 0.2) is 13.2 Å². The molecular weight excluding hydrogens is 372 g/mol. The van der Waals surface area contributed by atoms with Gasteiger partial charge in [-0.3, -0.25) is 19.2 Å². The molecule has 0 atom stereocenters. The highest BCUT2D eigenvalue weighted by Gasteiger charge is 2.14. The first-order valence-electron chi connectivity index (χ1n) is 8.43. The van der Waals surface area contributed by atoms with Gasteiger partial charge in [-0.15, -0.1) is 0 Å². The molecule has 10 heteroatoms. The van der Waals surface area contributed by atoms with Gasteiger partial charge in [-0.25, -0.2) is 4.79 Å². The molecule has 2 N–H and O–H groups in total. The van der Waals surface area contributed by atoms with Crippen LogP contribution in [0.4, 0.5) is 11.4 Å². The number of anilines is 2. The van der Waals surface area contributed by atoms with E-state index in [1.165, 1.54) is 25.3 Å². The van der Waals surface area contributed by atoms with Crippen molar-refractivity contribution >= 4 is 41.1 Å². The topological polar surface area (TPSA) is 137 Å². The number of esters is 3. The Morgan fingerprint density at radius 1 is 0.786 bits per heavy atom. The van der Waals surface area contributed by atoms with E-state index in [1.807, 2.05) is 0 Å². The van der Waals surface area contributed by atoms with E-state index in [9.17, 15) is 24.0 Å². The minimum absolute atomic E-state index is 0.0618. The van der Waals surface area contributed by atoms with Crippen molar-refractivity contribution in [3.05, 3.63) is 23.8 Å². The van der Waals surface area contributed by atoms with Crippen LogP contribution >= 0.6 is 0 Å². The molecule has 0 bridgehead atoms. The van der Waals surface area contributed by atoms with Crippen molar-refractivity contribution in [2.45, 2.75) is 26.7 Å².